The summed E-state index contributed by atoms with van der Waals surface area (Å²) in [5, 5.41) is 0. The van der Waals surface area contributed by atoms with Crippen molar-refractivity contribution in [3.05, 3.63) is 59.7 Å². The highest BCUT2D eigenvalue weighted by molar-refractivity contribution is 9.10. The van der Waals surface area contributed by atoms with E-state index in [2.05, 4.69) is 20.9 Å². The van der Waals surface area contributed by atoms with E-state index < -0.39 is 4.83 Å². The molecule has 0 aliphatic heterocycles. The van der Waals surface area contributed by atoms with Gasteiger partial charge in [0.1, 0.15) is 11.5 Å². The summed E-state index contributed by atoms with van der Waals surface area (Å²) in [6.07, 6.45) is 0. The second-order valence-corrected chi connectivity index (χ2v) is 5.52. The fraction of sp³-hybridized carbons (Fsp3) is 0.188. The number of aliphatic imine (C=N–C) groups is 1. The lowest BCUT2D eigenvalue weighted by Crippen LogP contribution is -2.22. The van der Waals surface area contributed by atoms with Gasteiger partial charge in [-0.2, -0.15) is 8.78 Å². The van der Waals surface area contributed by atoms with Gasteiger partial charge in [-0.25, -0.2) is 4.99 Å². The lowest BCUT2D eigenvalue weighted by atomic mass is 10.1. The van der Waals surface area contributed by atoms with Crippen LogP contribution in [-0.4, -0.2) is 17.7 Å². The molecule has 0 N–H and O–H groups in total. The highest BCUT2D eigenvalue weighted by Gasteiger charge is 2.33. The Kier molecular flexibility index (Phi) is 4.73. The molecule has 0 radical (unpaired) electrons. The zero-order chi connectivity index (χ0) is 15.5. The summed E-state index contributed by atoms with van der Waals surface area (Å²) in [5.74, 6) is 0.650. The van der Waals surface area contributed by atoms with Gasteiger partial charge in [0.05, 0.1) is 12.8 Å². The van der Waals surface area contributed by atoms with Gasteiger partial charge in [-0.1, -0.05) is 23.8 Å². The minimum absolute atomic E-state index is 0.323. The van der Waals surface area contributed by atoms with E-state index in [9.17, 15) is 8.78 Å². The number of aryl methyl sites for hydroxylation is 1. The number of nitrogens with zero attached hydrogens (tertiary/aromatic N) is 1. The van der Waals surface area contributed by atoms with Gasteiger partial charge in [0.25, 0.3) is 0 Å². The average Bonchev–Trinajstić information content (AvgIpc) is 2.44. The van der Waals surface area contributed by atoms with E-state index in [1.165, 1.54) is 0 Å². The maximum absolute atomic E-state index is 13.8. The molecule has 0 aliphatic rings. The number of alkyl halides is 3. The number of benzene rings is 2. The van der Waals surface area contributed by atoms with Crippen molar-refractivity contribution in [2.24, 2.45) is 4.99 Å². The molecule has 0 fully saturated rings. The van der Waals surface area contributed by atoms with Crippen molar-refractivity contribution in [2.75, 3.05) is 7.11 Å². The third-order valence-electron chi connectivity index (χ3n) is 2.87. The Morgan fingerprint density at radius 2 is 1.81 bits per heavy atom. The van der Waals surface area contributed by atoms with Crippen molar-refractivity contribution in [1.82, 2.24) is 0 Å². The summed E-state index contributed by atoms with van der Waals surface area (Å²) in [5.41, 5.74) is 1.39. The molecule has 0 saturated heterocycles. The maximum atomic E-state index is 13.8. The Morgan fingerprint density at radius 1 is 1.14 bits per heavy atom. The van der Waals surface area contributed by atoms with Crippen LogP contribution in [-0.2, 0) is 0 Å². The molecule has 0 saturated carbocycles. The Labute approximate surface area is 130 Å². The van der Waals surface area contributed by atoms with Gasteiger partial charge in [-0.15, -0.1) is 0 Å². The van der Waals surface area contributed by atoms with Crippen LogP contribution < -0.4 is 4.74 Å². The van der Waals surface area contributed by atoms with E-state index >= 15 is 0 Å². The molecule has 0 unspecified atom stereocenters. The largest absolute Gasteiger partial charge is 0.497 e. The van der Waals surface area contributed by atoms with E-state index in [4.69, 9.17) is 4.74 Å². The summed E-state index contributed by atoms with van der Waals surface area (Å²) in [6.45, 7) is 1.85. The number of methoxy groups -OCH3 is 1. The first kappa shape index (κ1) is 15.6. The van der Waals surface area contributed by atoms with Crippen molar-refractivity contribution in [3.8, 4) is 5.75 Å². The Hall–Kier alpha value is -1.75. The lowest BCUT2D eigenvalue weighted by Gasteiger charge is -2.13. The average molecular weight is 354 g/mol. The van der Waals surface area contributed by atoms with Gasteiger partial charge in [0.2, 0.25) is 0 Å². The van der Waals surface area contributed by atoms with Crippen LogP contribution in [0.4, 0.5) is 14.5 Å². The van der Waals surface area contributed by atoms with Gasteiger partial charge in [-0.3, -0.25) is 0 Å². The van der Waals surface area contributed by atoms with Crippen molar-refractivity contribution < 1.29 is 13.5 Å². The number of hydrogen-bond acceptors (Lipinski definition) is 2. The van der Waals surface area contributed by atoms with Gasteiger partial charge in [-0.05, 0) is 53.2 Å². The molecule has 2 aromatic carbocycles. The number of hydrogen-bond donors (Lipinski definition) is 0. The quantitative estimate of drug-likeness (QED) is 0.552. The summed E-state index contributed by atoms with van der Waals surface area (Å²) >= 11 is 2.40. The molecule has 0 spiro atoms. The van der Waals surface area contributed by atoms with Crippen molar-refractivity contribution >= 4 is 27.3 Å². The molecule has 0 aliphatic carbocycles. The van der Waals surface area contributed by atoms with E-state index in [-0.39, 0.29) is 5.71 Å². The summed E-state index contributed by atoms with van der Waals surface area (Å²) in [6, 6.07) is 13.5. The Bertz CT molecular complexity index is 648. The third-order valence-corrected chi connectivity index (χ3v) is 3.25. The molecule has 2 nitrogen and oxygen atoms in total. The molecular weight excluding hydrogens is 340 g/mol. The highest BCUT2D eigenvalue weighted by Crippen LogP contribution is 2.30. The molecule has 5 heteroatoms. The van der Waals surface area contributed by atoms with Gasteiger partial charge in [0, 0.05) is 5.56 Å². The van der Waals surface area contributed by atoms with E-state index in [1.807, 2.05) is 13.0 Å². The molecule has 2 rings (SSSR count). The number of halogens is 3. The smallest absolute Gasteiger partial charge is 0.343 e. The molecule has 2 aromatic rings. The van der Waals surface area contributed by atoms with Crippen LogP contribution in [0.3, 0.4) is 0 Å². The molecule has 0 atom stereocenters. The predicted molar refractivity (Wildman–Crippen MR) is 84.2 cm³/mol. The van der Waals surface area contributed by atoms with E-state index in [0.29, 0.717) is 17.0 Å². The summed E-state index contributed by atoms with van der Waals surface area (Å²) in [4.78, 5) is 0.873. The van der Waals surface area contributed by atoms with Gasteiger partial charge in [0.15, 0.2) is 0 Å². The molecule has 21 heavy (non-hydrogen) atoms. The first-order chi connectivity index (χ1) is 9.90. The second kappa shape index (κ2) is 6.35. The number of ether oxygens (including phenoxy) is 1. The maximum Gasteiger partial charge on any atom is 0.343 e. The van der Waals surface area contributed by atoms with Crippen LogP contribution in [0, 0.1) is 6.92 Å². The highest BCUT2D eigenvalue weighted by atomic mass is 79.9. The standard InChI is InChI=1S/C16H14BrF2NO/c1-11-4-3-5-12(10-11)15(16(17,18)19)20-13-6-8-14(21-2)9-7-13/h3-10H,1-2H3. The van der Waals surface area contributed by atoms with Crippen LogP contribution in [0.2, 0.25) is 0 Å². The topological polar surface area (TPSA) is 21.6 Å². The minimum Gasteiger partial charge on any atom is -0.497 e. The third kappa shape index (κ3) is 4.11. The predicted octanol–water partition coefficient (Wildman–Crippen LogP) is 5.11. The Balaban J connectivity index is 2.47. The minimum atomic E-state index is -3.21. The first-order valence-corrected chi connectivity index (χ1v) is 7.06. The molecule has 0 amide bonds. The SMILES string of the molecule is COc1ccc(N=C(c2cccc(C)c2)C(F)(F)Br)cc1. The molecule has 0 heterocycles. The van der Waals surface area contributed by atoms with Crippen LogP contribution in [0.1, 0.15) is 11.1 Å². The summed E-state index contributed by atoms with van der Waals surface area (Å²) < 4.78 is 32.6. The molecule has 0 aromatic heterocycles. The zero-order valence-corrected chi connectivity index (χ0v) is 13.2. The van der Waals surface area contributed by atoms with Crippen LogP contribution in [0.5, 0.6) is 5.75 Å². The van der Waals surface area contributed by atoms with Gasteiger partial charge >= 0.3 is 4.83 Å². The number of rotatable bonds is 4. The molecule has 110 valence electrons. The monoisotopic (exact) mass is 353 g/mol. The van der Waals surface area contributed by atoms with Crippen molar-refractivity contribution in [1.29, 1.82) is 0 Å². The zero-order valence-electron chi connectivity index (χ0n) is 11.6. The molecular formula is C16H14BrF2NO. The van der Waals surface area contributed by atoms with E-state index in [1.54, 1.807) is 49.6 Å². The normalized spacial score (nSPS) is 12.3. The van der Waals surface area contributed by atoms with Crippen molar-refractivity contribution in [2.45, 2.75) is 11.8 Å². The van der Waals surface area contributed by atoms with Crippen molar-refractivity contribution in [3.63, 3.8) is 0 Å². The fourth-order valence-electron chi connectivity index (χ4n) is 1.87. The first-order valence-electron chi connectivity index (χ1n) is 6.27. The van der Waals surface area contributed by atoms with Gasteiger partial charge < -0.3 is 4.74 Å². The fourth-order valence-corrected chi connectivity index (χ4v) is 2.19. The van der Waals surface area contributed by atoms with Crippen LogP contribution in [0.25, 0.3) is 0 Å². The lowest BCUT2D eigenvalue weighted by molar-refractivity contribution is 0.194. The van der Waals surface area contributed by atoms with Crippen LogP contribution >= 0.6 is 15.9 Å². The molecule has 0 bridgehead atoms. The second-order valence-electron chi connectivity index (χ2n) is 4.53. The Morgan fingerprint density at radius 3 is 2.33 bits per heavy atom. The summed E-state index contributed by atoms with van der Waals surface area (Å²) in [7, 11) is 1.54. The van der Waals surface area contributed by atoms with E-state index in [0.717, 1.165) is 5.56 Å². The van der Waals surface area contributed by atoms with Crippen LogP contribution in [0.15, 0.2) is 53.5 Å².